The van der Waals surface area contributed by atoms with Crippen molar-refractivity contribution in [1.29, 1.82) is 0 Å². The van der Waals surface area contributed by atoms with Crippen molar-refractivity contribution in [2.75, 3.05) is 36.9 Å². The van der Waals surface area contributed by atoms with Crippen LogP contribution in [-0.4, -0.2) is 69.1 Å². The maximum atomic E-state index is 12.7. The van der Waals surface area contributed by atoms with Crippen LogP contribution in [0.2, 0.25) is 0 Å². The van der Waals surface area contributed by atoms with Crippen molar-refractivity contribution in [3.8, 4) is 11.1 Å². The van der Waals surface area contributed by atoms with Crippen LogP contribution >= 0.6 is 0 Å². The molecule has 0 bridgehead atoms. The van der Waals surface area contributed by atoms with Gasteiger partial charge in [-0.15, -0.1) is 0 Å². The number of aromatic nitrogens is 3. The van der Waals surface area contributed by atoms with Crippen molar-refractivity contribution < 1.29 is 19.4 Å². The third-order valence-corrected chi connectivity index (χ3v) is 8.42. The highest BCUT2D eigenvalue weighted by atomic mass is 16.6. The minimum absolute atomic E-state index is 0.267. The highest BCUT2D eigenvalue weighted by molar-refractivity contribution is 6.05. The predicted molar refractivity (Wildman–Crippen MR) is 176 cm³/mol. The highest BCUT2D eigenvalue weighted by Crippen LogP contribution is 2.36. The molecule has 2 saturated heterocycles. The molecule has 2 fully saturated rings. The number of amides is 1. The van der Waals surface area contributed by atoms with E-state index < -0.39 is 11.7 Å². The number of nitrogens with zero attached hydrogens (tertiary/aromatic N) is 4. The van der Waals surface area contributed by atoms with E-state index in [0.717, 1.165) is 67.9 Å². The van der Waals surface area contributed by atoms with Crippen LogP contribution in [0.5, 0.6) is 0 Å². The first-order chi connectivity index (χ1) is 21.6. The monoisotopic (exact) mass is 610 g/mol. The Hall–Kier alpha value is -4.12. The van der Waals surface area contributed by atoms with Crippen molar-refractivity contribution in [1.82, 2.24) is 19.9 Å². The molecule has 3 N–H and O–H groups in total. The van der Waals surface area contributed by atoms with Gasteiger partial charge in [-0.3, -0.25) is 15.2 Å². The Kier molecular flexibility index (Phi) is 8.98. The van der Waals surface area contributed by atoms with Gasteiger partial charge < -0.3 is 19.9 Å². The highest BCUT2D eigenvalue weighted by Gasteiger charge is 2.25. The molecule has 0 spiro atoms. The molecular formula is C35H42N6O4. The third-order valence-electron chi connectivity index (χ3n) is 8.42. The summed E-state index contributed by atoms with van der Waals surface area (Å²) < 4.78 is 11.1. The van der Waals surface area contributed by atoms with Gasteiger partial charge in [-0.2, -0.15) is 0 Å². The number of β-amino-alcohol motifs (C(OH)–C–C–N with tert-alkyl or cyclic N) is 1. The summed E-state index contributed by atoms with van der Waals surface area (Å²) in [4.78, 5) is 29.0. The van der Waals surface area contributed by atoms with E-state index in [1.54, 1.807) is 12.4 Å². The van der Waals surface area contributed by atoms with Gasteiger partial charge in [-0.1, -0.05) is 12.1 Å². The third kappa shape index (κ3) is 7.41. The van der Waals surface area contributed by atoms with E-state index >= 15 is 0 Å². The van der Waals surface area contributed by atoms with Crippen molar-refractivity contribution in [3.05, 3.63) is 71.7 Å². The van der Waals surface area contributed by atoms with E-state index in [1.165, 1.54) is 11.1 Å². The van der Waals surface area contributed by atoms with Crippen LogP contribution < -0.4 is 10.6 Å². The molecule has 2 aliphatic heterocycles. The van der Waals surface area contributed by atoms with Gasteiger partial charge >= 0.3 is 6.09 Å². The van der Waals surface area contributed by atoms with Gasteiger partial charge in [-0.25, -0.2) is 14.8 Å². The van der Waals surface area contributed by atoms with E-state index in [-0.39, 0.29) is 6.10 Å². The number of hydrogen-bond donors (Lipinski definition) is 3. The summed E-state index contributed by atoms with van der Waals surface area (Å²) in [5.74, 6) is 0.898. The molecule has 236 valence electrons. The van der Waals surface area contributed by atoms with Gasteiger partial charge in [0.2, 0.25) is 5.95 Å². The number of aryl methyl sites for hydroxylation is 1. The number of ether oxygens (including phenoxy) is 2. The standard InChI is InChI=1S/C35H42N6O4/c1-22-9-13-36-18-29(22)28-7-8-31(39-34(43)45-35(2,3)4)30-19-37-33(40-32(28)30)38-25-5-6-27(23-11-15-44-16-12-23)24(17-25)20-41-14-10-26(42)21-41/h5-9,13,17-19,23,26,42H,10-12,14-16,20-21H2,1-4H3,(H,39,43)(H,37,38,40). The number of aliphatic hydroxyl groups is 1. The number of carbonyl (C=O) groups is 1. The van der Waals surface area contributed by atoms with Crippen molar-refractivity contribution in [2.24, 2.45) is 0 Å². The number of aliphatic hydroxyl groups excluding tert-OH is 1. The summed E-state index contributed by atoms with van der Waals surface area (Å²) in [6.07, 6.45) is 7.34. The maximum Gasteiger partial charge on any atom is 0.412 e. The van der Waals surface area contributed by atoms with Gasteiger partial charge in [0.15, 0.2) is 0 Å². The summed E-state index contributed by atoms with van der Waals surface area (Å²) in [6, 6.07) is 12.3. The quantitative estimate of drug-likeness (QED) is 0.214. The van der Waals surface area contributed by atoms with E-state index in [4.69, 9.17) is 14.5 Å². The number of pyridine rings is 1. The SMILES string of the molecule is Cc1ccncc1-c1ccc(NC(=O)OC(C)(C)C)c2cnc(Nc3ccc(C4CCOCC4)c(CN4CCC(O)C4)c3)nc12. The summed E-state index contributed by atoms with van der Waals surface area (Å²) in [6.45, 7) is 11.4. The molecule has 2 aromatic heterocycles. The Bertz CT molecular complexity index is 1680. The Morgan fingerprint density at radius 3 is 2.64 bits per heavy atom. The second-order valence-electron chi connectivity index (χ2n) is 13.0. The van der Waals surface area contributed by atoms with Gasteiger partial charge in [0.05, 0.1) is 17.3 Å². The molecule has 1 unspecified atom stereocenters. The lowest BCUT2D eigenvalue weighted by Gasteiger charge is -2.27. The Labute approximate surface area is 264 Å². The zero-order valence-corrected chi connectivity index (χ0v) is 26.5. The van der Waals surface area contributed by atoms with Crippen LogP contribution in [0.15, 0.2) is 55.0 Å². The fourth-order valence-electron chi connectivity index (χ4n) is 6.22. The van der Waals surface area contributed by atoms with E-state index in [2.05, 4.69) is 43.7 Å². The van der Waals surface area contributed by atoms with Crippen LogP contribution in [0.4, 0.5) is 22.1 Å². The van der Waals surface area contributed by atoms with E-state index in [1.807, 2.05) is 52.1 Å². The molecule has 2 aromatic carbocycles. The minimum Gasteiger partial charge on any atom is -0.444 e. The zero-order valence-electron chi connectivity index (χ0n) is 26.5. The number of rotatable bonds is 7. The Morgan fingerprint density at radius 1 is 1.09 bits per heavy atom. The molecule has 10 nitrogen and oxygen atoms in total. The number of hydrogen-bond acceptors (Lipinski definition) is 9. The van der Waals surface area contributed by atoms with Crippen molar-refractivity contribution in [2.45, 2.75) is 71.1 Å². The second-order valence-corrected chi connectivity index (χ2v) is 13.0. The molecule has 1 atom stereocenters. The maximum absolute atomic E-state index is 12.7. The molecule has 6 rings (SSSR count). The van der Waals surface area contributed by atoms with E-state index in [9.17, 15) is 9.90 Å². The molecule has 4 aromatic rings. The summed E-state index contributed by atoms with van der Waals surface area (Å²) in [5, 5.41) is 17.2. The van der Waals surface area contributed by atoms with Gasteiger partial charge in [0.1, 0.15) is 5.60 Å². The number of benzene rings is 2. The lowest BCUT2D eigenvalue weighted by molar-refractivity contribution is 0.0636. The van der Waals surface area contributed by atoms with Crippen LogP contribution in [0.3, 0.4) is 0 Å². The molecule has 2 aliphatic rings. The first kappa shape index (κ1) is 30.9. The molecule has 1 amide bonds. The Balaban J connectivity index is 1.35. The Morgan fingerprint density at radius 2 is 1.91 bits per heavy atom. The number of fused-ring (bicyclic) bond motifs is 1. The first-order valence-corrected chi connectivity index (χ1v) is 15.7. The largest absolute Gasteiger partial charge is 0.444 e. The molecule has 45 heavy (non-hydrogen) atoms. The molecule has 10 heteroatoms. The number of likely N-dealkylation sites (tertiary alicyclic amines) is 1. The number of anilines is 3. The van der Waals surface area contributed by atoms with Crippen LogP contribution in [0, 0.1) is 6.92 Å². The van der Waals surface area contributed by atoms with Crippen molar-refractivity contribution in [3.63, 3.8) is 0 Å². The smallest absolute Gasteiger partial charge is 0.412 e. The van der Waals surface area contributed by atoms with Crippen molar-refractivity contribution >= 4 is 34.3 Å². The molecule has 0 aliphatic carbocycles. The second kappa shape index (κ2) is 13.1. The molecular weight excluding hydrogens is 568 g/mol. The fraction of sp³-hybridized carbons (Fsp3) is 0.429. The topological polar surface area (TPSA) is 122 Å². The average Bonchev–Trinajstić information content (AvgIpc) is 3.41. The van der Waals surface area contributed by atoms with E-state index in [0.29, 0.717) is 35.0 Å². The molecule has 4 heterocycles. The van der Waals surface area contributed by atoms with Gasteiger partial charge in [0.25, 0.3) is 0 Å². The normalized spacial score (nSPS) is 17.8. The number of nitrogens with one attached hydrogen (secondary N) is 2. The predicted octanol–water partition coefficient (Wildman–Crippen LogP) is 6.55. The van der Waals surface area contributed by atoms with Gasteiger partial charge in [-0.05, 0) is 93.8 Å². The van der Waals surface area contributed by atoms with Crippen LogP contribution in [0.1, 0.15) is 62.6 Å². The van der Waals surface area contributed by atoms with Crippen LogP contribution in [-0.2, 0) is 16.0 Å². The molecule has 0 radical (unpaired) electrons. The average molecular weight is 611 g/mol. The first-order valence-electron chi connectivity index (χ1n) is 15.7. The van der Waals surface area contributed by atoms with Gasteiger partial charge in [0, 0.05) is 73.6 Å². The lowest BCUT2D eigenvalue weighted by atomic mass is 9.88. The summed E-state index contributed by atoms with van der Waals surface area (Å²) >= 11 is 0. The summed E-state index contributed by atoms with van der Waals surface area (Å²) in [5.41, 5.74) is 7.00. The fourth-order valence-corrected chi connectivity index (χ4v) is 6.22. The zero-order chi connectivity index (χ0) is 31.6. The lowest BCUT2D eigenvalue weighted by Crippen LogP contribution is -2.27. The van der Waals surface area contributed by atoms with Crippen LogP contribution in [0.25, 0.3) is 22.0 Å². The summed E-state index contributed by atoms with van der Waals surface area (Å²) in [7, 11) is 0. The minimum atomic E-state index is -0.631. The molecule has 0 saturated carbocycles. The number of carbonyl (C=O) groups excluding carboxylic acids is 1.